The van der Waals surface area contributed by atoms with E-state index in [-0.39, 0.29) is 34.5 Å². The average Bonchev–Trinajstić information content (AvgIpc) is 2.76. The van der Waals surface area contributed by atoms with Gasteiger partial charge in [-0.25, -0.2) is 4.79 Å². The van der Waals surface area contributed by atoms with Crippen LogP contribution in [-0.4, -0.2) is 43.8 Å². The Morgan fingerprint density at radius 2 is 1.91 bits per heavy atom. The minimum absolute atomic E-state index is 0.0207. The lowest BCUT2D eigenvalue weighted by Crippen LogP contribution is -2.61. The van der Waals surface area contributed by atoms with Gasteiger partial charge in [0, 0.05) is 30.9 Å². The van der Waals surface area contributed by atoms with E-state index in [1.54, 1.807) is 30.8 Å². The van der Waals surface area contributed by atoms with Gasteiger partial charge in [0.2, 0.25) is 11.8 Å². The van der Waals surface area contributed by atoms with Crippen molar-refractivity contribution in [3.8, 4) is 0 Å². The standard InChI is InChI=1S/C22H27N3O6S/c1-14-13-32-21-17(20(27)24(21)19(14)22(28)29)6-4-2-3-5-7-18(26)23-12-15-8-10-16(11-9-15)25(30)31/h8-11,17,21H,2-7,12-13H2,1H3,(H,23,26)(H,28,29)/t17?,21-/m0/s1. The van der Waals surface area contributed by atoms with Gasteiger partial charge in [0.15, 0.2) is 0 Å². The first-order valence-electron chi connectivity index (χ1n) is 10.7. The highest BCUT2D eigenvalue weighted by Gasteiger charge is 2.52. The fourth-order valence-corrected chi connectivity index (χ4v) is 5.42. The summed E-state index contributed by atoms with van der Waals surface area (Å²) in [5.74, 6) is -0.666. The lowest BCUT2D eigenvalue weighted by molar-refractivity contribution is -0.384. The van der Waals surface area contributed by atoms with Crippen LogP contribution in [0.1, 0.15) is 51.0 Å². The Morgan fingerprint density at radius 3 is 2.56 bits per heavy atom. The molecular weight excluding hydrogens is 434 g/mol. The van der Waals surface area contributed by atoms with Crippen molar-refractivity contribution < 1.29 is 24.4 Å². The number of nitro benzene ring substituents is 1. The molecule has 2 amide bonds. The molecule has 3 rings (SSSR count). The Kier molecular flexibility index (Phi) is 7.89. The van der Waals surface area contributed by atoms with E-state index in [2.05, 4.69) is 5.32 Å². The van der Waals surface area contributed by atoms with Crippen molar-refractivity contribution in [1.82, 2.24) is 10.2 Å². The molecule has 0 bridgehead atoms. The summed E-state index contributed by atoms with van der Waals surface area (Å²) in [5.41, 5.74) is 1.71. The van der Waals surface area contributed by atoms with Crippen LogP contribution in [0.25, 0.3) is 0 Å². The van der Waals surface area contributed by atoms with Gasteiger partial charge in [0.05, 0.1) is 16.2 Å². The van der Waals surface area contributed by atoms with E-state index < -0.39 is 10.9 Å². The van der Waals surface area contributed by atoms with E-state index in [0.717, 1.165) is 43.2 Å². The lowest BCUT2D eigenvalue weighted by atomic mass is 9.90. The Morgan fingerprint density at radius 1 is 1.22 bits per heavy atom. The smallest absolute Gasteiger partial charge is 0.352 e. The van der Waals surface area contributed by atoms with Gasteiger partial charge < -0.3 is 10.4 Å². The van der Waals surface area contributed by atoms with Gasteiger partial charge in [0.1, 0.15) is 5.70 Å². The van der Waals surface area contributed by atoms with Crippen LogP contribution in [-0.2, 0) is 20.9 Å². The summed E-state index contributed by atoms with van der Waals surface area (Å²) in [5, 5.41) is 22.8. The van der Waals surface area contributed by atoms with Gasteiger partial charge in [-0.15, -0.1) is 11.8 Å². The van der Waals surface area contributed by atoms with Crippen molar-refractivity contribution in [2.24, 2.45) is 5.92 Å². The Labute approximate surface area is 190 Å². The molecule has 2 aliphatic heterocycles. The van der Waals surface area contributed by atoms with E-state index in [1.165, 1.54) is 17.0 Å². The number of carbonyl (C=O) groups excluding carboxylic acids is 2. The third kappa shape index (κ3) is 5.48. The predicted molar refractivity (Wildman–Crippen MR) is 120 cm³/mol. The van der Waals surface area contributed by atoms with Crippen LogP contribution >= 0.6 is 11.8 Å². The van der Waals surface area contributed by atoms with E-state index in [4.69, 9.17) is 0 Å². The highest BCUT2D eigenvalue weighted by molar-refractivity contribution is 8.00. The van der Waals surface area contributed by atoms with Crippen LogP contribution in [0.4, 0.5) is 5.69 Å². The zero-order valence-corrected chi connectivity index (χ0v) is 18.7. The quantitative estimate of drug-likeness (QED) is 0.223. The first kappa shape index (κ1) is 23.8. The molecule has 0 aliphatic carbocycles. The number of unbranched alkanes of at least 4 members (excludes halogenated alkanes) is 3. The molecule has 2 atom stereocenters. The summed E-state index contributed by atoms with van der Waals surface area (Å²) in [6.45, 7) is 2.10. The molecule has 0 radical (unpaired) electrons. The predicted octanol–water partition coefficient (Wildman–Crippen LogP) is 3.44. The number of amides is 2. The number of nitrogens with one attached hydrogen (secondary N) is 1. The number of carboxylic acids is 1. The maximum Gasteiger partial charge on any atom is 0.352 e. The molecule has 1 fully saturated rings. The molecule has 2 N–H and O–H groups in total. The van der Waals surface area contributed by atoms with Gasteiger partial charge in [-0.3, -0.25) is 24.6 Å². The number of non-ortho nitro benzene ring substituents is 1. The molecule has 2 heterocycles. The number of thioether (sulfide) groups is 1. The maximum atomic E-state index is 12.4. The van der Waals surface area contributed by atoms with E-state index in [1.807, 2.05) is 0 Å². The number of nitrogens with zero attached hydrogens (tertiary/aromatic N) is 2. The van der Waals surface area contributed by atoms with Gasteiger partial charge in [-0.1, -0.05) is 31.4 Å². The largest absolute Gasteiger partial charge is 0.477 e. The molecule has 0 saturated carbocycles. The van der Waals surface area contributed by atoms with E-state index in [0.29, 0.717) is 18.7 Å². The van der Waals surface area contributed by atoms with Gasteiger partial charge in [0.25, 0.3) is 5.69 Å². The lowest BCUT2D eigenvalue weighted by Gasteiger charge is -2.49. The number of hydrogen-bond acceptors (Lipinski definition) is 6. The zero-order chi connectivity index (χ0) is 23.3. The number of aliphatic carboxylic acids is 1. The van der Waals surface area contributed by atoms with Gasteiger partial charge in [-0.05, 0) is 30.9 Å². The summed E-state index contributed by atoms with van der Waals surface area (Å²) < 4.78 is 0. The normalized spacial score (nSPS) is 19.9. The maximum absolute atomic E-state index is 12.4. The second kappa shape index (κ2) is 10.6. The number of β-lactam (4-membered cyclic amide) rings is 1. The minimum atomic E-state index is -1.04. The molecule has 0 spiro atoms. The van der Waals surface area contributed by atoms with Crippen LogP contribution < -0.4 is 5.32 Å². The summed E-state index contributed by atoms with van der Waals surface area (Å²) in [6.07, 6.45) is 4.57. The molecule has 0 aromatic heterocycles. The third-order valence-electron chi connectivity index (χ3n) is 5.78. The molecule has 1 aromatic carbocycles. The van der Waals surface area contributed by atoms with Crippen molar-refractivity contribution in [3.63, 3.8) is 0 Å². The molecule has 2 aliphatic rings. The molecule has 1 aromatic rings. The molecule has 1 saturated heterocycles. The third-order valence-corrected chi connectivity index (χ3v) is 7.26. The molecular formula is C22H27N3O6S. The number of carbonyl (C=O) groups is 3. The van der Waals surface area contributed by atoms with Crippen LogP contribution in [0.3, 0.4) is 0 Å². The van der Waals surface area contributed by atoms with Gasteiger partial charge >= 0.3 is 5.97 Å². The van der Waals surface area contributed by atoms with E-state index in [9.17, 15) is 29.6 Å². The molecule has 172 valence electrons. The first-order valence-corrected chi connectivity index (χ1v) is 11.7. The van der Waals surface area contributed by atoms with Crippen molar-refractivity contribution in [3.05, 3.63) is 51.2 Å². The number of hydrogen-bond donors (Lipinski definition) is 2. The van der Waals surface area contributed by atoms with E-state index >= 15 is 0 Å². The number of fused-ring (bicyclic) bond motifs is 1. The van der Waals surface area contributed by atoms with Crippen molar-refractivity contribution >= 4 is 35.2 Å². The monoisotopic (exact) mass is 461 g/mol. The van der Waals surface area contributed by atoms with Crippen LogP contribution in [0.15, 0.2) is 35.5 Å². The summed E-state index contributed by atoms with van der Waals surface area (Å²) in [4.78, 5) is 47.5. The fraction of sp³-hybridized carbons (Fsp3) is 0.500. The summed E-state index contributed by atoms with van der Waals surface area (Å²) >= 11 is 1.63. The Balaban J connectivity index is 1.29. The summed E-state index contributed by atoms with van der Waals surface area (Å²) in [7, 11) is 0. The number of benzene rings is 1. The molecule has 9 nitrogen and oxygen atoms in total. The SMILES string of the molecule is CC1=C(C(=O)O)N2C(=O)C(CCCCCCC(=O)NCc3ccc([N+](=O)[O-])cc3)[C@@H]2SC1. The van der Waals surface area contributed by atoms with Crippen molar-refractivity contribution in [2.45, 2.75) is 57.4 Å². The van der Waals surface area contributed by atoms with Crippen LogP contribution in [0.5, 0.6) is 0 Å². The highest BCUT2D eigenvalue weighted by atomic mass is 32.2. The zero-order valence-electron chi connectivity index (χ0n) is 17.9. The van der Waals surface area contributed by atoms with Crippen molar-refractivity contribution in [1.29, 1.82) is 0 Å². The van der Waals surface area contributed by atoms with Gasteiger partial charge in [-0.2, -0.15) is 0 Å². The fourth-order valence-electron chi connectivity index (χ4n) is 4.02. The van der Waals surface area contributed by atoms with Crippen LogP contribution in [0.2, 0.25) is 0 Å². The molecule has 32 heavy (non-hydrogen) atoms. The first-order chi connectivity index (χ1) is 15.3. The highest BCUT2D eigenvalue weighted by Crippen LogP contribution is 2.45. The second-order valence-electron chi connectivity index (χ2n) is 8.10. The Hall–Kier alpha value is -2.88. The molecule has 10 heteroatoms. The average molecular weight is 462 g/mol. The van der Waals surface area contributed by atoms with Crippen molar-refractivity contribution in [2.75, 3.05) is 5.75 Å². The minimum Gasteiger partial charge on any atom is -0.477 e. The van der Waals surface area contributed by atoms with Crippen LogP contribution in [0, 0.1) is 16.0 Å². The molecule has 1 unspecified atom stereocenters. The second-order valence-corrected chi connectivity index (χ2v) is 9.21. The number of rotatable bonds is 11. The topological polar surface area (TPSA) is 130 Å². The summed E-state index contributed by atoms with van der Waals surface area (Å²) in [6, 6.07) is 6.09. The number of nitro groups is 1. The number of carboxylic acid groups (broad SMARTS) is 1. The Bertz CT molecular complexity index is 930.